The highest BCUT2D eigenvalue weighted by atomic mass is 16.5. The first kappa shape index (κ1) is 16.3. The van der Waals surface area contributed by atoms with Crippen LogP contribution in [0.2, 0.25) is 0 Å². The molecule has 0 unspecified atom stereocenters. The summed E-state index contributed by atoms with van der Waals surface area (Å²) in [5.41, 5.74) is 1.58. The topological polar surface area (TPSA) is 75.0 Å². The van der Waals surface area contributed by atoms with Crippen LogP contribution in [0.15, 0.2) is 30.5 Å². The number of fused-ring (bicyclic) bond motifs is 1. The highest BCUT2D eigenvalue weighted by Crippen LogP contribution is 2.40. The third-order valence-corrected chi connectivity index (χ3v) is 4.77. The number of hydrogen-bond donors (Lipinski definition) is 1. The van der Waals surface area contributed by atoms with Crippen LogP contribution in [-0.4, -0.2) is 24.1 Å². The SMILES string of the molecule is CCOC(=O)C1(CNc2c(C#N)cnc3ccccc23)CCCC1. The van der Waals surface area contributed by atoms with Crippen molar-refractivity contribution in [2.45, 2.75) is 32.6 Å². The van der Waals surface area contributed by atoms with E-state index in [9.17, 15) is 10.1 Å². The average Bonchev–Trinajstić information content (AvgIpc) is 3.10. The quantitative estimate of drug-likeness (QED) is 0.850. The summed E-state index contributed by atoms with van der Waals surface area (Å²) in [6.07, 6.45) is 5.29. The summed E-state index contributed by atoms with van der Waals surface area (Å²) in [5.74, 6) is -0.133. The molecule has 0 spiro atoms. The van der Waals surface area contributed by atoms with E-state index in [1.165, 1.54) is 0 Å². The van der Waals surface area contributed by atoms with Crippen LogP contribution in [0.3, 0.4) is 0 Å². The summed E-state index contributed by atoms with van der Waals surface area (Å²) >= 11 is 0. The van der Waals surface area contributed by atoms with Crippen LogP contribution < -0.4 is 5.32 Å². The fourth-order valence-electron chi connectivity index (χ4n) is 3.46. The Balaban J connectivity index is 1.92. The van der Waals surface area contributed by atoms with Crippen LogP contribution in [0.1, 0.15) is 38.2 Å². The van der Waals surface area contributed by atoms with E-state index in [1.807, 2.05) is 31.2 Å². The van der Waals surface area contributed by atoms with Crippen LogP contribution >= 0.6 is 0 Å². The van der Waals surface area contributed by atoms with Gasteiger partial charge in [0, 0.05) is 18.1 Å². The summed E-state index contributed by atoms with van der Waals surface area (Å²) in [4.78, 5) is 16.8. The lowest BCUT2D eigenvalue weighted by Crippen LogP contribution is -2.37. The van der Waals surface area contributed by atoms with Gasteiger partial charge in [0.05, 0.1) is 28.8 Å². The first-order valence-electron chi connectivity index (χ1n) is 8.39. The zero-order valence-corrected chi connectivity index (χ0v) is 13.8. The average molecular weight is 323 g/mol. The second-order valence-corrected chi connectivity index (χ2v) is 6.24. The zero-order chi connectivity index (χ0) is 17.0. The number of anilines is 1. The predicted molar refractivity (Wildman–Crippen MR) is 92.5 cm³/mol. The highest BCUT2D eigenvalue weighted by molar-refractivity contribution is 5.94. The van der Waals surface area contributed by atoms with E-state index in [-0.39, 0.29) is 5.97 Å². The van der Waals surface area contributed by atoms with E-state index in [1.54, 1.807) is 6.20 Å². The largest absolute Gasteiger partial charge is 0.466 e. The van der Waals surface area contributed by atoms with E-state index in [2.05, 4.69) is 16.4 Å². The number of carbonyl (C=O) groups excluding carboxylic acids is 1. The Morgan fingerprint density at radius 3 is 2.83 bits per heavy atom. The summed E-state index contributed by atoms with van der Waals surface area (Å²) in [6.45, 7) is 2.70. The molecule has 1 N–H and O–H groups in total. The molecule has 1 aromatic carbocycles. The van der Waals surface area contributed by atoms with Crippen LogP contribution in [0.4, 0.5) is 5.69 Å². The van der Waals surface area contributed by atoms with Gasteiger partial charge in [0.15, 0.2) is 0 Å². The van der Waals surface area contributed by atoms with Crippen molar-refractivity contribution in [1.29, 1.82) is 5.26 Å². The van der Waals surface area contributed by atoms with E-state index >= 15 is 0 Å². The van der Waals surface area contributed by atoms with Gasteiger partial charge in [-0.15, -0.1) is 0 Å². The smallest absolute Gasteiger partial charge is 0.313 e. The molecule has 124 valence electrons. The minimum Gasteiger partial charge on any atom is -0.466 e. The van der Waals surface area contributed by atoms with Crippen LogP contribution in [0.5, 0.6) is 0 Å². The van der Waals surface area contributed by atoms with Gasteiger partial charge in [-0.1, -0.05) is 31.0 Å². The third-order valence-electron chi connectivity index (χ3n) is 4.77. The lowest BCUT2D eigenvalue weighted by Gasteiger charge is -2.27. The van der Waals surface area contributed by atoms with E-state index < -0.39 is 5.41 Å². The molecule has 0 atom stereocenters. The van der Waals surface area contributed by atoms with Gasteiger partial charge >= 0.3 is 5.97 Å². The van der Waals surface area contributed by atoms with Crippen molar-refractivity contribution in [3.05, 3.63) is 36.0 Å². The Kier molecular flexibility index (Phi) is 4.66. The number of aromatic nitrogens is 1. The maximum Gasteiger partial charge on any atom is 0.313 e. The Bertz CT molecular complexity index is 789. The zero-order valence-electron chi connectivity index (χ0n) is 13.8. The Hall–Kier alpha value is -2.61. The number of nitrogens with one attached hydrogen (secondary N) is 1. The lowest BCUT2D eigenvalue weighted by molar-refractivity contribution is -0.154. The standard InChI is InChI=1S/C19H21N3O2/c1-2-24-18(23)19(9-5-6-10-19)13-22-17-14(11-20)12-21-16-8-4-3-7-15(16)17/h3-4,7-8,12H,2,5-6,9-10,13H2,1H3,(H,21,22). The molecule has 5 heteroatoms. The van der Waals surface area contributed by atoms with Crippen molar-refractivity contribution in [2.75, 3.05) is 18.5 Å². The summed E-state index contributed by atoms with van der Waals surface area (Å²) in [5, 5.41) is 13.7. The molecule has 0 saturated heterocycles. The maximum atomic E-state index is 12.5. The molecule has 1 heterocycles. The number of pyridine rings is 1. The van der Waals surface area contributed by atoms with Gasteiger partial charge in [0.1, 0.15) is 6.07 Å². The number of ether oxygens (including phenoxy) is 1. The van der Waals surface area contributed by atoms with Gasteiger partial charge in [-0.25, -0.2) is 0 Å². The molecule has 3 rings (SSSR count). The Labute approximate surface area is 141 Å². The number of carbonyl (C=O) groups is 1. The number of nitrogens with zero attached hydrogens (tertiary/aromatic N) is 2. The molecule has 1 fully saturated rings. The minimum atomic E-state index is -0.493. The fourth-order valence-corrected chi connectivity index (χ4v) is 3.46. The molecule has 2 aromatic rings. The van der Waals surface area contributed by atoms with Crippen molar-refractivity contribution in [1.82, 2.24) is 4.98 Å². The van der Waals surface area contributed by atoms with Crippen molar-refractivity contribution in [2.24, 2.45) is 5.41 Å². The van der Waals surface area contributed by atoms with Crippen molar-refractivity contribution < 1.29 is 9.53 Å². The van der Waals surface area contributed by atoms with E-state index in [0.29, 0.717) is 18.7 Å². The van der Waals surface area contributed by atoms with Crippen molar-refractivity contribution in [3.8, 4) is 6.07 Å². The molecule has 0 aliphatic heterocycles. The van der Waals surface area contributed by atoms with Gasteiger partial charge in [-0.3, -0.25) is 9.78 Å². The van der Waals surface area contributed by atoms with Gasteiger partial charge < -0.3 is 10.1 Å². The Morgan fingerprint density at radius 1 is 1.38 bits per heavy atom. The minimum absolute atomic E-state index is 0.133. The number of para-hydroxylation sites is 1. The molecule has 1 aromatic heterocycles. The molecule has 0 radical (unpaired) electrons. The first-order chi connectivity index (χ1) is 11.7. The molecular weight excluding hydrogens is 302 g/mol. The fraction of sp³-hybridized carbons (Fsp3) is 0.421. The molecule has 1 saturated carbocycles. The summed E-state index contributed by atoms with van der Waals surface area (Å²) < 4.78 is 5.31. The Morgan fingerprint density at radius 2 is 2.12 bits per heavy atom. The third kappa shape index (κ3) is 2.92. The monoisotopic (exact) mass is 323 g/mol. The molecule has 1 aliphatic carbocycles. The van der Waals surface area contributed by atoms with E-state index in [4.69, 9.17) is 4.74 Å². The summed E-state index contributed by atoms with van der Waals surface area (Å²) in [6, 6.07) is 9.89. The molecule has 5 nitrogen and oxygen atoms in total. The van der Waals surface area contributed by atoms with Gasteiger partial charge in [-0.2, -0.15) is 5.26 Å². The second-order valence-electron chi connectivity index (χ2n) is 6.24. The first-order valence-corrected chi connectivity index (χ1v) is 8.39. The lowest BCUT2D eigenvalue weighted by atomic mass is 9.86. The molecule has 0 amide bonds. The highest BCUT2D eigenvalue weighted by Gasteiger charge is 2.42. The van der Waals surface area contributed by atoms with Crippen LogP contribution in [0, 0.1) is 16.7 Å². The molecule has 24 heavy (non-hydrogen) atoms. The number of hydrogen-bond acceptors (Lipinski definition) is 5. The molecule has 1 aliphatic rings. The van der Waals surface area contributed by atoms with Gasteiger partial charge in [0.25, 0.3) is 0 Å². The van der Waals surface area contributed by atoms with Crippen LogP contribution in [-0.2, 0) is 9.53 Å². The van der Waals surface area contributed by atoms with E-state index in [0.717, 1.165) is 42.3 Å². The van der Waals surface area contributed by atoms with Crippen molar-refractivity contribution >= 4 is 22.6 Å². The molecular formula is C19H21N3O2. The van der Waals surface area contributed by atoms with Crippen molar-refractivity contribution in [3.63, 3.8) is 0 Å². The molecule has 0 bridgehead atoms. The number of rotatable bonds is 5. The number of nitriles is 1. The van der Waals surface area contributed by atoms with Crippen LogP contribution in [0.25, 0.3) is 10.9 Å². The van der Waals surface area contributed by atoms with Gasteiger partial charge in [0.2, 0.25) is 0 Å². The summed E-state index contributed by atoms with van der Waals surface area (Å²) in [7, 11) is 0. The predicted octanol–water partition coefficient (Wildman–Crippen LogP) is 3.64. The van der Waals surface area contributed by atoms with Gasteiger partial charge in [-0.05, 0) is 25.8 Å². The maximum absolute atomic E-state index is 12.5. The number of esters is 1. The second kappa shape index (κ2) is 6.88. The number of benzene rings is 1. The normalized spacial score (nSPS) is 15.8.